The third-order valence-electron chi connectivity index (χ3n) is 2.73. The van der Waals surface area contributed by atoms with Crippen molar-refractivity contribution in [2.75, 3.05) is 26.0 Å². The molecule has 0 saturated carbocycles. The Labute approximate surface area is 118 Å². The summed E-state index contributed by atoms with van der Waals surface area (Å²) in [5.41, 5.74) is 0.244. The summed E-state index contributed by atoms with van der Waals surface area (Å²) in [6.45, 7) is 6.53. The summed E-state index contributed by atoms with van der Waals surface area (Å²) in [7, 11) is 0. The number of ether oxygens (including phenoxy) is 1. The zero-order valence-corrected chi connectivity index (χ0v) is 12.4. The SMILES string of the molecule is CSC(C)(C)CNCCOc1cccc(C(=O)O)c1. The Kier molecular flexibility index (Phi) is 6.18. The van der Waals surface area contributed by atoms with E-state index in [1.165, 1.54) is 6.07 Å². The molecule has 5 heteroatoms. The maximum Gasteiger partial charge on any atom is 0.335 e. The van der Waals surface area contributed by atoms with Crippen LogP contribution in [0, 0.1) is 0 Å². The minimum absolute atomic E-state index is 0.212. The number of hydrogen-bond acceptors (Lipinski definition) is 4. The molecule has 0 aliphatic heterocycles. The van der Waals surface area contributed by atoms with Gasteiger partial charge in [-0.25, -0.2) is 4.79 Å². The Morgan fingerprint density at radius 3 is 2.84 bits per heavy atom. The molecule has 0 atom stereocenters. The maximum absolute atomic E-state index is 10.8. The van der Waals surface area contributed by atoms with Crippen molar-refractivity contribution in [2.24, 2.45) is 0 Å². The van der Waals surface area contributed by atoms with Gasteiger partial charge in [0.15, 0.2) is 0 Å². The summed E-state index contributed by atoms with van der Waals surface area (Å²) < 4.78 is 5.72. The van der Waals surface area contributed by atoms with Crippen LogP contribution in [0.4, 0.5) is 0 Å². The summed E-state index contributed by atoms with van der Waals surface area (Å²) in [5.74, 6) is -0.351. The fourth-order valence-electron chi connectivity index (χ4n) is 1.42. The summed E-state index contributed by atoms with van der Waals surface area (Å²) in [5, 5.41) is 12.2. The molecule has 106 valence electrons. The number of carbonyl (C=O) groups is 1. The van der Waals surface area contributed by atoms with Crippen molar-refractivity contribution in [2.45, 2.75) is 18.6 Å². The van der Waals surface area contributed by atoms with Crippen molar-refractivity contribution in [3.8, 4) is 5.75 Å². The first-order valence-electron chi connectivity index (χ1n) is 6.16. The molecule has 0 aliphatic rings. The lowest BCUT2D eigenvalue weighted by atomic mass is 10.2. The van der Waals surface area contributed by atoms with Gasteiger partial charge in [0.2, 0.25) is 0 Å². The second-order valence-corrected chi connectivity index (χ2v) is 6.34. The van der Waals surface area contributed by atoms with Crippen molar-refractivity contribution in [3.05, 3.63) is 29.8 Å². The standard InChI is InChI=1S/C14H21NO3S/c1-14(2,19-3)10-15-7-8-18-12-6-4-5-11(9-12)13(16)17/h4-6,9,15H,7-8,10H2,1-3H3,(H,16,17). The minimum Gasteiger partial charge on any atom is -0.492 e. The lowest BCUT2D eigenvalue weighted by Crippen LogP contribution is -2.34. The number of benzene rings is 1. The highest BCUT2D eigenvalue weighted by molar-refractivity contribution is 7.99. The smallest absolute Gasteiger partial charge is 0.335 e. The minimum atomic E-state index is -0.940. The third kappa shape index (κ3) is 5.98. The number of carboxylic acids is 1. The second kappa shape index (κ2) is 7.40. The molecule has 4 nitrogen and oxygen atoms in total. The number of aromatic carboxylic acids is 1. The molecular formula is C14H21NO3S. The van der Waals surface area contributed by atoms with Crippen molar-refractivity contribution in [3.63, 3.8) is 0 Å². The van der Waals surface area contributed by atoms with Gasteiger partial charge in [-0.3, -0.25) is 0 Å². The fraction of sp³-hybridized carbons (Fsp3) is 0.500. The highest BCUT2D eigenvalue weighted by Crippen LogP contribution is 2.19. The van der Waals surface area contributed by atoms with Crippen LogP contribution in [0.1, 0.15) is 24.2 Å². The van der Waals surface area contributed by atoms with E-state index in [9.17, 15) is 4.79 Å². The molecule has 0 aromatic heterocycles. The van der Waals surface area contributed by atoms with E-state index in [1.807, 2.05) is 11.8 Å². The van der Waals surface area contributed by atoms with Gasteiger partial charge in [-0.2, -0.15) is 11.8 Å². The number of hydrogen-bond donors (Lipinski definition) is 2. The average molecular weight is 283 g/mol. The number of rotatable bonds is 8. The molecule has 0 saturated heterocycles. The first-order chi connectivity index (χ1) is 8.94. The van der Waals surface area contributed by atoms with Crippen LogP contribution >= 0.6 is 11.8 Å². The van der Waals surface area contributed by atoms with Crippen LogP contribution in [0.15, 0.2) is 24.3 Å². The van der Waals surface area contributed by atoms with E-state index in [0.717, 1.165) is 13.1 Å². The molecule has 1 aromatic rings. The molecule has 1 rings (SSSR count). The molecule has 19 heavy (non-hydrogen) atoms. The molecule has 0 unspecified atom stereocenters. The average Bonchev–Trinajstić information content (AvgIpc) is 2.38. The molecule has 0 amide bonds. The van der Waals surface area contributed by atoms with Crippen molar-refractivity contribution in [1.29, 1.82) is 0 Å². The molecular weight excluding hydrogens is 262 g/mol. The van der Waals surface area contributed by atoms with Crippen LogP contribution in [0.25, 0.3) is 0 Å². The Hall–Kier alpha value is -1.20. The number of thioether (sulfide) groups is 1. The first-order valence-corrected chi connectivity index (χ1v) is 7.39. The number of nitrogens with one attached hydrogen (secondary N) is 1. The first kappa shape index (κ1) is 15.9. The van der Waals surface area contributed by atoms with Crippen LogP contribution in [-0.2, 0) is 0 Å². The van der Waals surface area contributed by atoms with E-state index in [0.29, 0.717) is 12.4 Å². The highest BCUT2D eigenvalue weighted by Gasteiger charge is 2.14. The predicted molar refractivity (Wildman–Crippen MR) is 79.4 cm³/mol. The Balaban J connectivity index is 2.30. The van der Waals surface area contributed by atoms with E-state index in [4.69, 9.17) is 9.84 Å². The van der Waals surface area contributed by atoms with Crippen LogP contribution in [0.2, 0.25) is 0 Å². The molecule has 0 fully saturated rings. The highest BCUT2D eigenvalue weighted by atomic mass is 32.2. The normalized spacial score (nSPS) is 11.3. The monoisotopic (exact) mass is 283 g/mol. The van der Waals surface area contributed by atoms with Gasteiger partial charge in [-0.05, 0) is 38.3 Å². The lowest BCUT2D eigenvalue weighted by molar-refractivity contribution is 0.0696. The van der Waals surface area contributed by atoms with Gasteiger partial charge in [-0.15, -0.1) is 0 Å². The molecule has 1 aromatic carbocycles. The summed E-state index contributed by atoms with van der Waals surface area (Å²) >= 11 is 1.82. The molecule has 0 bridgehead atoms. The Morgan fingerprint density at radius 1 is 1.47 bits per heavy atom. The quantitative estimate of drug-likeness (QED) is 0.718. The molecule has 0 heterocycles. The van der Waals surface area contributed by atoms with Gasteiger partial charge in [-0.1, -0.05) is 6.07 Å². The molecule has 2 N–H and O–H groups in total. The maximum atomic E-state index is 10.8. The zero-order valence-electron chi connectivity index (χ0n) is 11.6. The van der Waals surface area contributed by atoms with E-state index < -0.39 is 5.97 Å². The van der Waals surface area contributed by atoms with Gasteiger partial charge < -0.3 is 15.2 Å². The van der Waals surface area contributed by atoms with Crippen LogP contribution in [-0.4, -0.2) is 41.8 Å². The van der Waals surface area contributed by atoms with Gasteiger partial charge in [0.25, 0.3) is 0 Å². The van der Waals surface area contributed by atoms with E-state index in [-0.39, 0.29) is 10.3 Å². The fourth-order valence-corrected chi connectivity index (χ4v) is 1.67. The Morgan fingerprint density at radius 2 is 2.21 bits per heavy atom. The summed E-state index contributed by atoms with van der Waals surface area (Å²) in [4.78, 5) is 10.8. The Bertz CT molecular complexity index is 421. The second-order valence-electron chi connectivity index (χ2n) is 4.82. The van der Waals surface area contributed by atoms with Crippen molar-refractivity contribution in [1.82, 2.24) is 5.32 Å². The van der Waals surface area contributed by atoms with E-state index >= 15 is 0 Å². The van der Waals surface area contributed by atoms with E-state index in [1.54, 1.807) is 18.2 Å². The third-order valence-corrected chi connectivity index (χ3v) is 3.98. The predicted octanol–water partition coefficient (Wildman–Crippen LogP) is 2.49. The van der Waals surface area contributed by atoms with Gasteiger partial charge >= 0.3 is 5.97 Å². The molecule has 0 spiro atoms. The van der Waals surface area contributed by atoms with Crippen LogP contribution in [0.5, 0.6) is 5.75 Å². The number of carboxylic acid groups (broad SMARTS) is 1. The van der Waals surface area contributed by atoms with Crippen molar-refractivity contribution >= 4 is 17.7 Å². The van der Waals surface area contributed by atoms with Gasteiger partial charge in [0, 0.05) is 17.8 Å². The van der Waals surface area contributed by atoms with Gasteiger partial charge in [0.1, 0.15) is 12.4 Å². The van der Waals surface area contributed by atoms with Crippen LogP contribution in [0.3, 0.4) is 0 Å². The van der Waals surface area contributed by atoms with Gasteiger partial charge in [0.05, 0.1) is 5.56 Å². The van der Waals surface area contributed by atoms with E-state index in [2.05, 4.69) is 25.4 Å². The molecule has 0 radical (unpaired) electrons. The summed E-state index contributed by atoms with van der Waals surface area (Å²) in [6.07, 6.45) is 2.09. The topological polar surface area (TPSA) is 58.6 Å². The molecule has 0 aliphatic carbocycles. The summed E-state index contributed by atoms with van der Waals surface area (Å²) in [6, 6.07) is 6.53. The van der Waals surface area contributed by atoms with Crippen molar-refractivity contribution < 1.29 is 14.6 Å². The van der Waals surface area contributed by atoms with Crippen LogP contribution < -0.4 is 10.1 Å². The lowest BCUT2D eigenvalue weighted by Gasteiger charge is -2.22. The largest absolute Gasteiger partial charge is 0.492 e. The zero-order chi connectivity index (χ0) is 14.3.